The van der Waals surface area contributed by atoms with Crippen LogP contribution in [0, 0.1) is 0 Å². The number of aromatic nitrogens is 3. The van der Waals surface area contributed by atoms with Gasteiger partial charge < -0.3 is 9.32 Å². The minimum absolute atomic E-state index is 0.607. The first kappa shape index (κ1) is 27.7. The van der Waals surface area contributed by atoms with Crippen LogP contribution in [0.25, 0.3) is 66.9 Å². The lowest BCUT2D eigenvalue weighted by Gasteiger charge is -2.26. The number of fused-ring (bicyclic) bond motifs is 3. The smallest absolute Gasteiger partial charge is 0.227 e. The normalized spacial score (nSPS) is 11.3. The lowest BCUT2D eigenvalue weighted by molar-refractivity contribution is 0.620. The summed E-state index contributed by atoms with van der Waals surface area (Å²) >= 11 is 0. The van der Waals surface area contributed by atoms with Crippen molar-refractivity contribution in [3.63, 3.8) is 0 Å². The molecule has 9 aromatic rings. The molecule has 0 spiro atoms. The number of nitrogens with zero attached hydrogens (tertiary/aromatic N) is 4. The predicted octanol–water partition coefficient (Wildman–Crippen LogP) is 11.4. The van der Waals surface area contributed by atoms with E-state index in [-0.39, 0.29) is 0 Å². The van der Waals surface area contributed by atoms with Crippen molar-refractivity contribution >= 4 is 50.0 Å². The summed E-state index contributed by atoms with van der Waals surface area (Å²) in [6.07, 6.45) is 0. The van der Waals surface area contributed by atoms with Crippen LogP contribution in [-0.2, 0) is 0 Å². The molecule has 5 nitrogen and oxygen atoms in total. The van der Waals surface area contributed by atoms with Gasteiger partial charge in [0, 0.05) is 33.8 Å². The highest BCUT2D eigenvalue weighted by Gasteiger charge is 2.17. The Balaban J connectivity index is 1.14. The van der Waals surface area contributed by atoms with Crippen molar-refractivity contribution in [2.45, 2.75) is 0 Å². The summed E-state index contributed by atoms with van der Waals surface area (Å²) in [4.78, 5) is 17.2. The molecule has 2 heterocycles. The summed E-state index contributed by atoms with van der Waals surface area (Å²) in [5, 5.41) is 2.38. The highest BCUT2D eigenvalue weighted by atomic mass is 16.3. The Morgan fingerprint density at radius 3 is 1.56 bits per heavy atom. The summed E-state index contributed by atoms with van der Waals surface area (Å²) in [5.41, 5.74) is 11.2. The van der Waals surface area contributed by atoms with Gasteiger partial charge in [-0.2, -0.15) is 0 Å². The number of rotatable bonds is 6. The molecule has 0 aliphatic carbocycles. The zero-order chi connectivity index (χ0) is 31.9. The number of benzene rings is 7. The standard InChI is InChI=1S/C43H28N4O/c1-2-11-30(12-3-1)41-42(45-38-15-7-6-14-37(38)44-41)31-19-23-34(24-20-31)47(36-27-18-29-10-4-5-13-33(29)28-36)35-25-21-32(22-26-35)43-46-39-16-8-9-17-40(39)48-43/h1-28H. The van der Waals surface area contributed by atoms with Crippen molar-refractivity contribution in [2.24, 2.45) is 0 Å². The maximum atomic E-state index is 6.06. The molecule has 0 atom stereocenters. The minimum Gasteiger partial charge on any atom is -0.436 e. The fraction of sp³-hybridized carbons (Fsp3) is 0. The largest absolute Gasteiger partial charge is 0.436 e. The van der Waals surface area contributed by atoms with E-state index in [1.54, 1.807) is 0 Å². The Morgan fingerprint density at radius 2 is 0.896 bits per heavy atom. The van der Waals surface area contributed by atoms with Gasteiger partial charge in [-0.1, -0.05) is 97.1 Å². The third-order valence-corrected chi connectivity index (χ3v) is 8.67. The molecule has 5 heteroatoms. The molecule has 0 amide bonds. The Kier molecular flexibility index (Phi) is 6.72. The van der Waals surface area contributed by atoms with Crippen molar-refractivity contribution in [1.82, 2.24) is 15.0 Å². The van der Waals surface area contributed by atoms with Gasteiger partial charge in [-0.3, -0.25) is 0 Å². The molecule has 0 aliphatic heterocycles. The Bertz CT molecular complexity index is 2520. The van der Waals surface area contributed by atoms with Crippen molar-refractivity contribution in [1.29, 1.82) is 0 Å². The van der Waals surface area contributed by atoms with E-state index in [0.29, 0.717) is 5.89 Å². The zero-order valence-corrected chi connectivity index (χ0v) is 25.9. The van der Waals surface area contributed by atoms with Gasteiger partial charge in [0.05, 0.1) is 22.4 Å². The van der Waals surface area contributed by atoms with Gasteiger partial charge in [0.25, 0.3) is 0 Å². The quantitative estimate of drug-likeness (QED) is 0.186. The average molecular weight is 617 g/mol. The molecular weight excluding hydrogens is 589 g/mol. The van der Waals surface area contributed by atoms with E-state index in [4.69, 9.17) is 19.4 Å². The van der Waals surface area contributed by atoms with E-state index in [9.17, 15) is 0 Å². The first-order valence-electron chi connectivity index (χ1n) is 15.9. The van der Waals surface area contributed by atoms with Gasteiger partial charge >= 0.3 is 0 Å². The predicted molar refractivity (Wildman–Crippen MR) is 196 cm³/mol. The molecule has 0 unspecified atom stereocenters. The maximum absolute atomic E-state index is 6.06. The molecule has 0 radical (unpaired) electrons. The first-order chi connectivity index (χ1) is 23.8. The van der Waals surface area contributed by atoms with E-state index in [1.165, 1.54) is 10.8 Å². The van der Waals surface area contributed by atoms with Crippen LogP contribution >= 0.6 is 0 Å². The van der Waals surface area contributed by atoms with Gasteiger partial charge in [0.1, 0.15) is 5.52 Å². The second-order valence-corrected chi connectivity index (χ2v) is 11.7. The Hall–Kier alpha value is -6.59. The van der Waals surface area contributed by atoms with Crippen LogP contribution < -0.4 is 4.90 Å². The fourth-order valence-corrected chi connectivity index (χ4v) is 6.28. The fourth-order valence-electron chi connectivity index (χ4n) is 6.28. The van der Waals surface area contributed by atoms with Crippen LogP contribution in [0.3, 0.4) is 0 Å². The van der Waals surface area contributed by atoms with Gasteiger partial charge in [0.2, 0.25) is 5.89 Å². The minimum atomic E-state index is 0.607. The molecule has 7 aromatic carbocycles. The van der Waals surface area contributed by atoms with E-state index in [0.717, 1.165) is 67.3 Å². The molecule has 0 saturated heterocycles. The van der Waals surface area contributed by atoms with Gasteiger partial charge in [-0.15, -0.1) is 0 Å². The van der Waals surface area contributed by atoms with Crippen LogP contribution in [0.4, 0.5) is 17.1 Å². The van der Waals surface area contributed by atoms with Crippen molar-refractivity contribution < 1.29 is 4.42 Å². The second-order valence-electron chi connectivity index (χ2n) is 11.7. The third-order valence-electron chi connectivity index (χ3n) is 8.67. The number of oxazole rings is 1. The van der Waals surface area contributed by atoms with Crippen LogP contribution in [-0.4, -0.2) is 15.0 Å². The summed E-state index contributed by atoms with van der Waals surface area (Å²) in [5.74, 6) is 0.607. The number of hydrogen-bond donors (Lipinski definition) is 0. The molecule has 0 N–H and O–H groups in total. The topological polar surface area (TPSA) is 55.1 Å². The monoisotopic (exact) mass is 616 g/mol. The maximum Gasteiger partial charge on any atom is 0.227 e. The lowest BCUT2D eigenvalue weighted by Crippen LogP contribution is -2.10. The molecule has 0 bridgehead atoms. The van der Waals surface area contributed by atoms with Crippen molar-refractivity contribution in [3.8, 4) is 34.0 Å². The van der Waals surface area contributed by atoms with Gasteiger partial charge in [-0.05, 0) is 83.6 Å². The van der Waals surface area contributed by atoms with Gasteiger partial charge in [-0.25, -0.2) is 15.0 Å². The SMILES string of the molecule is c1ccc(-c2nc3ccccc3nc2-c2ccc(N(c3ccc(-c4nc5ccccc5o4)cc3)c3ccc4ccccc4c3)cc2)cc1. The van der Waals surface area contributed by atoms with Crippen LogP contribution in [0.1, 0.15) is 0 Å². The number of hydrogen-bond acceptors (Lipinski definition) is 5. The molecular formula is C43H28N4O. The summed E-state index contributed by atoms with van der Waals surface area (Å²) in [6, 6.07) is 58.1. The van der Waals surface area contributed by atoms with Crippen LogP contribution in [0.2, 0.25) is 0 Å². The Labute approximate surface area is 277 Å². The highest BCUT2D eigenvalue weighted by Crippen LogP contribution is 2.39. The average Bonchev–Trinajstić information content (AvgIpc) is 3.60. The Morgan fingerprint density at radius 1 is 0.375 bits per heavy atom. The lowest BCUT2D eigenvalue weighted by atomic mass is 10.0. The van der Waals surface area contributed by atoms with Crippen LogP contribution in [0.15, 0.2) is 174 Å². The van der Waals surface area contributed by atoms with E-state index < -0.39 is 0 Å². The first-order valence-corrected chi connectivity index (χ1v) is 15.9. The summed E-state index contributed by atoms with van der Waals surface area (Å²) in [6.45, 7) is 0. The molecule has 0 saturated carbocycles. The summed E-state index contributed by atoms with van der Waals surface area (Å²) < 4.78 is 6.06. The van der Waals surface area contributed by atoms with Crippen molar-refractivity contribution in [2.75, 3.05) is 4.90 Å². The molecule has 0 aliphatic rings. The molecule has 9 rings (SSSR count). The molecule has 2 aromatic heterocycles. The molecule has 48 heavy (non-hydrogen) atoms. The van der Waals surface area contributed by atoms with E-state index >= 15 is 0 Å². The van der Waals surface area contributed by atoms with Gasteiger partial charge in [0.15, 0.2) is 5.58 Å². The highest BCUT2D eigenvalue weighted by molar-refractivity contribution is 5.91. The second kappa shape index (κ2) is 11.6. The number of para-hydroxylation sites is 4. The van der Waals surface area contributed by atoms with Crippen LogP contribution in [0.5, 0.6) is 0 Å². The molecule has 0 fully saturated rings. The van der Waals surface area contributed by atoms with Crippen molar-refractivity contribution in [3.05, 3.63) is 170 Å². The third kappa shape index (κ3) is 5.04. The molecule has 226 valence electrons. The zero-order valence-electron chi connectivity index (χ0n) is 25.9. The van der Waals surface area contributed by atoms with E-state index in [2.05, 4.69) is 108 Å². The summed E-state index contributed by atoms with van der Waals surface area (Å²) in [7, 11) is 0. The number of anilines is 3. The van der Waals surface area contributed by atoms with E-state index in [1.807, 2.05) is 66.7 Å².